The number of hydrogen-bond acceptors (Lipinski definition) is 7. The predicted octanol–water partition coefficient (Wildman–Crippen LogP) is 5.23. The Kier molecular flexibility index (Phi) is 7.99. The molecule has 0 N–H and O–H groups in total. The summed E-state index contributed by atoms with van der Waals surface area (Å²) in [7, 11) is 0. The van der Waals surface area contributed by atoms with E-state index < -0.39 is 12.0 Å². The van der Waals surface area contributed by atoms with E-state index in [4.69, 9.17) is 13.9 Å². The van der Waals surface area contributed by atoms with E-state index >= 15 is 0 Å². The number of carbonyl (C=O) groups excluding carboxylic acids is 1. The van der Waals surface area contributed by atoms with Gasteiger partial charge in [0.25, 0.3) is 5.56 Å². The number of carbonyl (C=O) groups is 1. The lowest BCUT2D eigenvalue weighted by Crippen LogP contribution is -2.39. The highest BCUT2D eigenvalue weighted by atomic mass is 127. The molecule has 0 spiro atoms. The summed E-state index contributed by atoms with van der Waals surface area (Å²) in [5.74, 6) is 1.42. The zero-order valence-corrected chi connectivity index (χ0v) is 24.3. The lowest BCUT2D eigenvalue weighted by atomic mass is 9.96. The lowest BCUT2D eigenvalue weighted by molar-refractivity contribution is -0.139. The molecule has 4 aromatic rings. The van der Waals surface area contributed by atoms with Gasteiger partial charge in [0, 0.05) is 15.2 Å². The number of nitrogens with zero attached hydrogens (tertiary/aromatic N) is 2. The zero-order chi connectivity index (χ0) is 27.5. The molecule has 1 atom stereocenters. The lowest BCUT2D eigenvalue weighted by Gasteiger charge is -2.24. The molecule has 198 valence electrons. The van der Waals surface area contributed by atoms with E-state index in [0.717, 1.165) is 14.7 Å². The maximum absolute atomic E-state index is 13.8. The maximum atomic E-state index is 13.8. The number of aromatic nitrogens is 1. The molecule has 1 aliphatic rings. The van der Waals surface area contributed by atoms with Crippen LogP contribution in [-0.2, 0) is 9.53 Å². The van der Waals surface area contributed by atoms with Gasteiger partial charge in [-0.25, -0.2) is 9.79 Å². The number of fused-ring (bicyclic) bond motifs is 1. The van der Waals surface area contributed by atoms with Crippen molar-refractivity contribution in [3.63, 3.8) is 0 Å². The minimum absolute atomic E-state index is 0.211. The number of ether oxygens (including phenoxy) is 2. The fourth-order valence-electron chi connectivity index (χ4n) is 4.34. The summed E-state index contributed by atoms with van der Waals surface area (Å²) in [5, 5.41) is 0. The Balaban J connectivity index is 1.59. The third-order valence-electron chi connectivity index (χ3n) is 6.11. The van der Waals surface area contributed by atoms with Gasteiger partial charge in [-0.1, -0.05) is 48.3 Å². The van der Waals surface area contributed by atoms with Crippen molar-refractivity contribution in [2.45, 2.75) is 19.9 Å². The first-order chi connectivity index (χ1) is 18.9. The van der Waals surface area contributed by atoms with Crippen LogP contribution in [0.5, 0.6) is 5.75 Å². The van der Waals surface area contributed by atoms with Crippen molar-refractivity contribution in [3.05, 3.63) is 119 Å². The molecule has 39 heavy (non-hydrogen) atoms. The number of furan rings is 1. The molecule has 0 amide bonds. The first-order valence-corrected chi connectivity index (χ1v) is 14.2. The normalized spacial score (nSPS) is 15.1. The number of benzene rings is 2. The molecule has 0 unspecified atom stereocenters. The fraction of sp³-hybridized carbons (Fsp3) is 0.167. The number of hydrogen-bond donors (Lipinski definition) is 0. The standard InChI is InChI=1S/C30H25IN2O5S/c1-4-16-37-22-12-8-20(9-13-22)27-26(29(35)36-5-2)18(3)32-30-33(27)28(34)25(39-30)17-23-14-15-24(38-23)19-6-10-21(31)11-7-19/h4,6-15,17,27H,1,5,16H2,2-3H3/b25-17-/t27-/m0/s1. The predicted molar refractivity (Wildman–Crippen MR) is 159 cm³/mol. The van der Waals surface area contributed by atoms with Crippen LogP contribution >= 0.6 is 33.9 Å². The minimum Gasteiger partial charge on any atom is -0.490 e. The Morgan fingerprint density at radius 1 is 1.15 bits per heavy atom. The largest absolute Gasteiger partial charge is 0.490 e. The van der Waals surface area contributed by atoms with Crippen molar-refractivity contribution in [1.82, 2.24) is 4.57 Å². The van der Waals surface area contributed by atoms with Crippen molar-refractivity contribution < 1.29 is 18.7 Å². The van der Waals surface area contributed by atoms with E-state index in [1.165, 1.54) is 11.3 Å². The number of esters is 1. The van der Waals surface area contributed by atoms with Crippen molar-refractivity contribution in [2.24, 2.45) is 4.99 Å². The highest BCUT2D eigenvalue weighted by Crippen LogP contribution is 2.32. The second-order valence-electron chi connectivity index (χ2n) is 8.68. The van der Waals surface area contributed by atoms with Gasteiger partial charge in [-0.3, -0.25) is 9.36 Å². The van der Waals surface area contributed by atoms with Gasteiger partial charge in [0.1, 0.15) is 23.9 Å². The average Bonchev–Trinajstić information content (AvgIpc) is 3.52. The molecule has 0 aliphatic carbocycles. The SMILES string of the molecule is C=CCOc1ccc([C@H]2C(C(=O)OCC)=C(C)N=c3s/c(=C\c4ccc(-c5ccc(I)cc5)o4)c(=O)n32)cc1. The van der Waals surface area contributed by atoms with Gasteiger partial charge in [0.05, 0.1) is 28.5 Å². The molecular formula is C30H25IN2O5S. The van der Waals surface area contributed by atoms with Crippen LogP contribution in [0, 0.1) is 3.57 Å². The van der Waals surface area contributed by atoms with E-state index in [0.29, 0.717) is 44.5 Å². The van der Waals surface area contributed by atoms with Gasteiger partial charge < -0.3 is 13.9 Å². The first kappa shape index (κ1) is 26.9. The number of rotatable bonds is 8. The molecule has 0 fully saturated rings. The molecule has 5 rings (SSSR count). The molecule has 2 aromatic carbocycles. The average molecular weight is 653 g/mol. The summed E-state index contributed by atoms with van der Waals surface area (Å²) in [6.07, 6.45) is 3.38. The monoisotopic (exact) mass is 652 g/mol. The van der Waals surface area contributed by atoms with E-state index in [-0.39, 0.29) is 12.2 Å². The second-order valence-corrected chi connectivity index (χ2v) is 10.9. The summed E-state index contributed by atoms with van der Waals surface area (Å²) >= 11 is 3.51. The third-order valence-corrected chi connectivity index (χ3v) is 7.81. The Morgan fingerprint density at radius 2 is 1.90 bits per heavy atom. The summed E-state index contributed by atoms with van der Waals surface area (Å²) < 4.78 is 20.1. The molecule has 9 heteroatoms. The highest BCUT2D eigenvalue weighted by molar-refractivity contribution is 14.1. The zero-order valence-electron chi connectivity index (χ0n) is 21.3. The summed E-state index contributed by atoms with van der Waals surface area (Å²) in [4.78, 5) is 32.0. The molecule has 0 radical (unpaired) electrons. The van der Waals surface area contributed by atoms with Crippen molar-refractivity contribution in [1.29, 1.82) is 0 Å². The summed E-state index contributed by atoms with van der Waals surface area (Å²) in [6, 6.07) is 18.3. The molecule has 0 saturated heterocycles. The van der Waals surface area contributed by atoms with Crippen LogP contribution in [0.1, 0.15) is 31.2 Å². The molecule has 3 heterocycles. The van der Waals surface area contributed by atoms with Crippen molar-refractivity contribution in [2.75, 3.05) is 13.2 Å². The molecule has 0 saturated carbocycles. The van der Waals surface area contributed by atoms with Gasteiger partial charge in [-0.05, 0) is 78.4 Å². The smallest absolute Gasteiger partial charge is 0.338 e. The van der Waals surface area contributed by atoms with Gasteiger partial charge in [-0.15, -0.1) is 0 Å². The second kappa shape index (κ2) is 11.6. The first-order valence-electron chi connectivity index (χ1n) is 12.3. The Morgan fingerprint density at radius 3 is 2.59 bits per heavy atom. The van der Waals surface area contributed by atoms with E-state index in [2.05, 4.69) is 34.2 Å². The van der Waals surface area contributed by atoms with Crippen LogP contribution in [0.15, 0.2) is 98.8 Å². The number of thiazole rings is 1. The van der Waals surface area contributed by atoms with E-state index in [1.807, 2.05) is 60.7 Å². The van der Waals surface area contributed by atoms with Crippen LogP contribution in [0.4, 0.5) is 0 Å². The van der Waals surface area contributed by atoms with Crippen molar-refractivity contribution >= 4 is 46.0 Å². The van der Waals surface area contributed by atoms with Crippen LogP contribution < -0.4 is 19.6 Å². The molecule has 7 nitrogen and oxygen atoms in total. The fourth-order valence-corrected chi connectivity index (χ4v) is 5.72. The van der Waals surface area contributed by atoms with E-state index in [1.54, 1.807) is 30.6 Å². The van der Waals surface area contributed by atoms with Crippen LogP contribution in [0.25, 0.3) is 17.4 Å². The van der Waals surface area contributed by atoms with E-state index in [9.17, 15) is 9.59 Å². The highest BCUT2D eigenvalue weighted by Gasteiger charge is 2.33. The Labute approximate surface area is 242 Å². The molecule has 2 aromatic heterocycles. The van der Waals surface area contributed by atoms with Gasteiger partial charge in [0.2, 0.25) is 0 Å². The van der Waals surface area contributed by atoms with Crippen LogP contribution in [0.2, 0.25) is 0 Å². The topological polar surface area (TPSA) is 83.0 Å². The maximum Gasteiger partial charge on any atom is 0.338 e. The quantitative estimate of drug-likeness (QED) is 0.148. The Bertz CT molecular complexity index is 1740. The minimum atomic E-state index is -0.699. The number of halogens is 1. The summed E-state index contributed by atoms with van der Waals surface area (Å²) in [5.41, 5.74) is 2.26. The molecular weight excluding hydrogens is 627 g/mol. The van der Waals surface area contributed by atoms with Gasteiger partial charge >= 0.3 is 5.97 Å². The van der Waals surface area contributed by atoms with Gasteiger partial charge in [0.15, 0.2) is 4.80 Å². The van der Waals surface area contributed by atoms with Crippen molar-refractivity contribution in [3.8, 4) is 17.1 Å². The Hall–Kier alpha value is -3.70. The number of allylic oxidation sites excluding steroid dienone is 1. The van der Waals surface area contributed by atoms with Crippen LogP contribution in [-0.4, -0.2) is 23.8 Å². The van der Waals surface area contributed by atoms with Gasteiger partial charge in [-0.2, -0.15) is 0 Å². The summed E-state index contributed by atoms with van der Waals surface area (Å²) in [6.45, 7) is 7.76. The molecule has 0 bridgehead atoms. The third kappa shape index (κ3) is 5.55. The van der Waals surface area contributed by atoms with Crippen LogP contribution in [0.3, 0.4) is 0 Å². The molecule has 1 aliphatic heterocycles.